The molecule has 32 heavy (non-hydrogen) atoms. The van der Waals surface area contributed by atoms with Crippen LogP contribution in [0.1, 0.15) is 63.2 Å². The molecule has 2 atom stereocenters. The minimum Gasteiger partial charge on any atom is -0.493 e. The fourth-order valence-electron chi connectivity index (χ4n) is 3.22. The van der Waals surface area contributed by atoms with Gasteiger partial charge >= 0.3 is 5.97 Å². The molecule has 1 aromatic rings. The zero-order valence-electron chi connectivity index (χ0n) is 19.0. The number of carbonyl (C=O) groups is 3. The van der Waals surface area contributed by atoms with Crippen molar-refractivity contribution in [2.24, 2.45) is 0 Å². The number of hydrogen-bond acceptors (Lipinski definition) is 6. The van der Waals surface area contributed by atoms with Gasteiger partial charge in [-0.3, -0.25) is 19.7 Å². The van der Waals surface area contributed by atoms with Gasteiger partial charge in [0, 0.05) is 13.1 Å². The Morgan fingerprint density at radius 3 is 2.75 bits per heavy atom. The normalized spacial score (nSPS) is 16.7. The molecule has 0 aliphatic carbocycles. The van der Waals surface area contributed by atoms with Crippen LogP contribution < -0.4 is 15.4 Å². The maximum Gasteiger partial charge on any atom is 0.308 e. The summed E-state index contributed by atoms with van der Waals surface area (Å²) in [7, 11) is 0. The predicted octanol–water partition coefficient (Wildman–Crippen LogP) is 2.80. The summed E-state index contributed by atoms with van der Waals surface area (Å²) in [6.45, 7) is 7.08. The molecule has 0 aromatic heterocycles. The van der Waals surface area contributed by atoms with Gasteiger partial charge in [0.05, 0.1) is 24.7 Å². The molecule has 1 aliphatic heterocycles. The maximum absolute atomic E-state index is 12.9. The van der Waals surface area contributed by atoms with Gasteiger partial charge in [0.1, 0.15) is 11.8 Å². The van der Waals surface area contributed by atoms with Gasteiger partial charge < -0.3 is 19.7 Å². The molecule has 1 fully saturated rings. The third kappa shape index (κ3) is 7.47. The molecule has 0 bridgehead atoms. The smallest absolute Gasteiger partial charge is 0.308 e. The number of para-hydroxylation sites is 1. The first-order valence-electron chi connectivity index (χ1n) is 11.2. The number of amides is 2. The van der Waals surface area contributed by atoms with E-state index in [4.69, 9.17) is 21.7 Å². The van der Waals surface area contributed by atoms with E-state index in [0.29, 0.717) is 37.4 Å². The summed E-state index contributed by atoms with van der Waals surface area (Å²) >= 11 is 5.43. The van der Waals surface area contributed by atoms with E-state index in [0.717, 1.165) is 19.3 Å². The molecular formula is C23H33N3O5S. The summed E-state index contributed by atoms with van der Waals surface area (Å²) in [5.41, 5.74) is 0.362. The van der Waals surface area contributed by atoms with E-state index >= 15 is 0 Å². The number of carbonyl (C=O) groups excluding carboxylic acids is 3. The van der Waals surface area contributed by atoms with E-state index in [-0.39, 0.29) is 23.5 Å². The Bertz CT molecular complexity index is 817. The van der Waals surface area contributed by atoms with Gasteiger partial charge in [-0.2, -0.15) is 0 Å². The number of ether oxygens (including phenoxy) is 2. The third-order valence-corrected chi connectivity index (χ3v) is 5.55. The highest BCUT2D eigenvalue weighted by Gasteiger charge is 2.34. The van der Waals surface area contributed by atoms with E-state index in [1.54, 1.807) is 36.1 Å². The molecule has 1 aromatic carbocycles. The predicted molar refractivity (Wildman–Crippen MR) is 125 cm³/mol. The molecule has 0 saturated carbocycles. The molecule has 1 saturated heterocycles. The van der Waals surface area contributed by atoms with Crippen molar-refractivity contribution in [3.05, 3.63) is 29.8 Å². The highest BCUT2D eigenvalue weighted by Crippen LogP contribution is 2.19. The lowest BCUT2D eigenvalue weighted by Crippen LogP contribution is -2.60. The minimum atomic E-state index is -0.839. The van der Waals surface area contributed by atoms with E-state index in [2.05, 4.69) is 17.6 Å². The summed E-state index contributed by atoms with van der Waals surface area (Å²) in [6.07, 6.45) is 3.33. The van der Waals surface area contributed by atoms with Crippen LogP contribution in [0.5, 0.6) is 5.75 Å². The Morgan fingerprint density at radius 2 is 2.03 bits per heavy atom. The average Bonchev–Trinajstić information content (AvgIpc) is 2.78. The summed E-state index contributed by atoms with van der Waals surface area (Å²) < 4.78 is 11.1. The van der Waals surface area contributed by atoms with Crippen molar-refractivity contribution in [3.8, 4) is 5.75 Å². The van der Waals surface area contributed by atoms with Gasteiger partial charge in [0.25, 0.3) is 5.91 Å². The third-order valence-electron chi connectivity index (χ3n) is 5.22. The number of nitrogens with zero attached hydrogens (tertiary/aromatic N) is 1. The molecule has 2 amide bonds. The molecule has 2 unspecified atom stereocenters. The lowest BCUT2D eigenvalue weighted by Gasteiger charge is -2.36. The first-order chi connectivity index (χ1) is 15.4. The molecule has 0 spiro atoms. The number of nitrogens with one attached hydrogen (secondary N) is 2. The van der Waals surface area contributed by atoms with E-state index in [1.165, 1.54) is 0 Å². The summed E-state index contributed by atoms with van der Waals surface area (Å²) in [5, 5.41) is 5.52. The molecule has 2 rings (SSSR count). The van der Waals surface area contributed by atoms with Crippen molar-refractivity contribution in [1.29, 1.82) is 0 Å². The first-order valence-corrected chi connectivity index (χ1v) is 11.6. The second kappa shape index (κ2) is 13.0. The molecule has 2 N–H and O–H groups in total. The van der Waals surface area contributed by atoms with E-state index in [1.807, 2.05) is 6.92 Å². The second-order valence-electron chi connectivity index (χ2n) is 7.72. The Balaban J connectivity index is 2.05. The molecule has 1 aliphatic rings. The fourth-order valence-corrected chi connectivity index (χ4v) is 3.54. The minimum absolute atomic E-state index is 0.0898. The summed E-state index contributed by atoms with van der Waals surface area (Å²) in [4.78, 5) is 39.2. The molecular weight excluding hydrogens is 430 g/mol. The van der Waals surface area contributed by atoms with Crippen LogP contribution in [-0.4, -0.2) is 59.6 Å². The lowest BCUT2D eigenvalue weighted by atomic mass is 10.1. The molecule has 176 valence electrons. The van der Waals surface area contributed by atoms with Gasteiger partial charge in [-0.15, -0.1) is 0 Å². The Hall–Kier alpha value is -2.68. The maximum atomic E-state index is 12.9. The number of piperazine rings is 1. The zero-order chi connectivity index (χ0) is 23.5. The van der Waals surface area contributed by atoms with Crippen LogP contribution in [0.2, 0.25) is 0 Å². The van der Waals surface area contributed by atoms with Gasteiger partial charge in [0.15, 0.2) is 5.11 Å². The SMILES string of the molecule is CCCCCOc1ccccc1C(=O)NC(=S)N1CCNC(=O)C1CC(=O)OC(C)CC. The van der Waals surface area contributed by atoms with Crippen molar-refractivity contribution < 1.29 is 23.9 Å². The number of unbranched alkanes of at least 4 members (excludes halogenated alkanes) is 2. The van der Waals surface area contributed by atoms with Crippen LogP contribution in [0.4, 0.5) is 0 Å². The fraction of sp³-hybridized carbons (Fsp3) is 0.565. The summed E-state index contributed by atoms with van der Waals surface area (Å²) in [6, 6.07) is 6.12. The van der Waals surface area contributed by atoms with Crippen LogP contribution in [0.25, 0.3) is 0 Å². The molecule has 0 radical (unpaired) electrons. The Labute approximate surface area is 195 Å². The molecule has 9 heteroatoms. The standard InChI is InChI=1S/C23H33N3O5S/c1-4-6-9-14-30-19-11-8-7-10-17(19)21(28)25-23(32)26-13-12-24-22(29)18(26)15-20(27)31-16(3)5-2/h7-8,10-11,16,18H,4-6,9,12-15H2,1-3H3,(H,24,29)(H,25,28,32). The largest absolute Gasteiger partial charge is 0.493 e. The second-order valence-corrected chi connectivity index (χ2v) is 8.11. The topological polar surface area (TPSA) is 97.0 Å². The highest BCUT2D eigenvalue weighted by molar-refractivity contribution is 7.80. The van der Waals surface area contributed by atoms with Gasteiger partial charge in [-0.1, -0.05) is 38.8 Å². The number of rotatable bonds is 10. The summed E-state index contributed by atoms with van der Waals surface area (Å²) in [5.74, 6) is -0.748. The van der Waals surface area contributed by atoms with Gasteiger partial charge in [-0.25, -0.2) is 0 Å². The first kappa shape index (κ1) is 25.6. The van der Waals surface area contributed by atoms with Crippen LogP contribution >= 0.6 is 12.2 Å². The number of hydrogen-bond donors (Lipinski definition) is 2. The Morgan fingerprint density at radius 1 is 1.28 bits per heavy atom. The number of esters is 1. The average molecular weight is 464 g/mol. The van der Waals surface area contributed by atoms with Crippen LogP contribution in [0.3, 0.4) is 0 Å². The number of benzene rings is 1. The van der Waals surface area contributed by atoms with Crippen LogP contribution in [0, 0.1) is 0 Å². The lowest BCUT2D eigenvalue weighted by molar-refractivity contribution is -0.151. The number of thiocarbonyl (C=S) groups is 1. The van der Waals surface area contributed by atoms with Crippen molar-refractivity contribution in [1.82, 2.24) is 15.5 Å². The highest BCUT2D eigenvalue weighted by atomic mass is 32.1. The quantitative estimate of drug-likeness (QED) is 0.313. The molecule has 1 heterocycles. The van der Waals surface area contributed by atoms with Crippen molar-refractivity contribution in [2.45, 2.75) is 65.0 Å². The van der Waals surface area contributed by atoms with Gasteiger partial charge in [0.2, 0.25) is 5.91 Å². The van der Waals surface area contributed by atoms with Crippen LogP contribution in [0.15, 0.2) is 24.3 Å². The zero-order valence-corrected chi connectivity index (χ0v) is 19.8. The molecule has 8 nitrogen and oxygen atoms in total. The van der Waals surface area contributed by atoms with E-state index in [9.17, 15) is 14.4 Å². The monoisotopic (exact) mass is 463 g/mol. The van der Waals surface area contributed by atoms with Crippen molar-refractivity contribution >= 4 is 35.1 Å². The Kier molecular flexibility index (Phi) is 10.4. The van der Waals surface area contributed by atoms with Crippen LogP contribution in [-0.2, 0) is 14.3 Å². The van der Waals surface area contributed by atoms with Gasteiger partial charge in [-0.05, 0) is 44.1 Å². The van der Waals surface area contributed by atoms with Crippen molar-refractivity contribution in [3.63, 3.8) is 0 Å². The van der Waals surface area contributed by atoms with E-state index < -0.39 is 17.9 Å². The van der Waals surface area contributed by atoms with Crippen molar-refractivity contribution in [2.75, 3.05) is 19.7 Å².